The van der Waals surface area contributed by atoms with Gasteiger partial charge in [-0.15, -0.1) is 10.2 Å². The normalized spacial score (nSPS) is 10.5. The molecule has 0 atom stereocenters. The van der Waals surface area contributed by atoms with Gasteiger partial charge in [-0.25, -0.2) is 0 Å². The highest BCUT2D eigenvalue weighted by Gasteiger charge is 2.02. The van der Waals surface area contributed by atoms with E-state index in [0.717, 1.165) is 5.56 Å². The summed E-state index contributed by atoms with van der Waals surface area (Å²) in [4.78, 5) is 0. The van der Waals surface area contributed by atoms with E-state index >= 15 is 0 Å². The molecule has 19 heavy (non-hydrogen) atoms. The van der Waals surface area contributed by atoms with Gasteiger partial charge < -0.3 is 4.74 Å². The smallest absolute Gasteiger partial charge is 0.211 e. The van der Waals surface area contributed by atoms with Crippen LogP contribution in [0.2, 0.25) is 0 Å². The Balaban J connectivity index is 2.21. The van der Waals surface area contributed by atoms with Gasteiger partial charge in [0.25, 0.3) is 0 Å². The Bertz CT molecular complexity index is 617. The first-order chi connectivity index (χ1) is 9.35. The number of nitrogens with zero attached hydrogens (tertiary/aromatic N) is 5. The van der Waals surface area contributed by atoms with Crippen molar-refractivity contribution in [2.45, 2.75) is 5.16 Å². The standard InChI is InChI=1S/C12H11N5OS/c1-19-12-16-14-9-17(12)15-8-10-4-2-3-5-11(10)18-7-6-13/h2-5,8-9H,7H2,1H3/b15-8-. The molecule has 0 saturated carbocycles. The van der Waals surface area contributed by atoms with E-state index in [9.17, 15) is 0 Å². The van der Waals surface area contributed by atoms with Crippen molar-refractivity contribution in [1.82, 2.24) is 14.9 Å². The average Bonchev–Trinajstić information content (AvgIpc) is 2.91. The molecular formula is C12H11N5OS. The van der Waals surface area contributed by atoms with Crippen molar-refractivity contribution >= 4 is 18.0 Å². The second-order valence-corrected chi connectivity index (χ2v) is 4.16. The van der Waals surface area contributed by atoms with Gasteiger partial charge in [-0.3, -0.25) is 0 Å². The number of rotatable bonds is 5. The highest BCUT2D eigenvalue weighted by Crippen LogP contribution is 2.16. The van der Waals surface area contributed by atoms with Crippen molar-refractivity contribution < 1.29 is 4.74 Å². The number of nitriles is 1. The molecule has 0 fully saturated rings. The number of thioether (sulfide) groups is 1. The Hall–Kier alpha value is -2.33. The molecule has 2 aromatic rings. The van der Waals surface area contributed by atoms with Gasteiger partial charge in [0.15, 0.2) is 6.61 Å². The predicted octanol–water partition coefficient (Wildman–Crippen LogP) is 1.78. The third kappa shape index (κ3) is 3.33. The summed E-state index contributed by atoms with van der Waals surface area (Å²) < 4.78 is 6.89. The molecule has 0 aliphatic carbocycles. The molecule has 1 aromatic heterocycles. The second-order valence-electron chi connectivity index (χ2n) is 3.39. The minimum absolute atomic E-state index is 0.00749. The van der Waals surface area contributed by atoms with E-state index < -0.39 is 0 Å². The minimum atomic E-state index is 0.00749. The molecule has 0 radical (unpaired) electrons. The molecule has 0 unspecified atom stereocenters. The maximum Gasteiger partial charge on any atom is 0.211 e. The lowest BCUT2D eigenvalue weighted by Gasteiger charge is -2.04. The van der Waals surface area contributed by atoms with Crippen LogP contribution in [0.1, 0.15) is 5.56 Å². The summed E-state index contributed by atoms with van der Waals surface area (Å²) in [5.41, 5.74) is 0.790. The van der Waals surface area contributed by atoms with Crippen LogP contribution in [0, 0.1) is 11.3 Å². The van der Waals surface area contributed by atoms with Gasteiger partial charge in [-0.05, 0) is 18.4 Å². The fourth-order valence-corrected chi connectivity index (χ4v) is 1.80. The summed E-state index contributed by atoms with van der Waals surface area (Å²) in [6, 6.07) is 9.31. The maximum absolute atomic E-state index is 8.53. The number of hydrogen-bond acceptors (Lipinski definition) is 6. The Morgan fingerprint density at radius 1 is 1.53 bits per heavy atom. The third-order valence-corrected chi connectivity index (χ3v) is 2.85. The van der Waals surface area contributed by atoms with Crippen molar-refractivity contribution in [2.75, 3.05) is 12.9 Å². The van der Waals surface area contributed by atoms with Gasteiger partial charge in [0.1, 0.15) is 18.1 Å². The minimum Gasteiger partial charge on any atom is -0.478 e. The Morgan fingerprint density at radius 3 is 3.16 bits per heavy atom. The van der Waals surface area contributed by atoms with Crippen LogP contribution in [-0.4, -0.2) is 34.0 Å². The molecule has 6 nitrogen and oxygen atoms in total. The molecule has 0 spiro atoms. The predicted molar refractivity (Wildman–Crippen MR) is 72.3 cm³/mol. The fraction of sp³-hybridized carbons (Fsp3) is 0.167. The Kier molecular flexibility index (Phi) is 4.53. The van der Waals surface area contributed by atoms with Crippen LogP contribution in [0.15, 0.2) is 40.9 Å². The van der Waals surface area contributed by atoms with Crippen molar-refractivity contribution in [1.29, 1.82) is 5.26 Å². The van der Waals surface area contributed by atoms with Crippen LogP contribution in [0.5, 0.6) is 5.75 Å². The quantitative estimate of drug-likeness (QED) is 0.613. The SMILES string of the molecule is CSc1nncn1/N=C\c1ccccc1OCC#N. The Morgan fingerprint density at radius 2 is 2.37 bits per heavy atom. The molecule has 0 N–H and O–H groups in total. The second kappa shape index (κ2) is 6.56. The van der Waals surface area contributed by atoms with Crippen LogP contribution in [0.3, 0.4) is 0 Å². The molecule has 2 rings (SSSR count). The third-order valence-electron chi connectivity index (χ3n) is 2.22. The van der Waals surface area contributed by atoms with Crippen molar-refractivity contribution in [2.24, 2.45) is 5.10 Å². The van der Waals surface area contributed by atoms with Crippen molar-refractivity contribution in [3.8, 4) is 11.8 Å². The van der Waals surface area contributed by atoms with Crippen LogP contribution in [0.25, 0.3) is 0 Å². The van der Waals surface area contributed by atoms with Crippen molar-refractivity contribution in [3.63, 3.8) is 0 Å². The largest absolute Gasteiger partial charge is 0.478 e. The summed E-state index contributed by atoms with van der Waals surface area (Å²) in [5.74, 6) is 0.617. The van der Waals surface area contributed by atoms with Gasteiger partial charge in [-0.1, -0.05) is 23.9 Å². The lowest BCUT2D eigenvalue weighted by atomic mass is 10.2. The first kappa shape index (κ1) is 13.1. The molecule has 0 aliphatic heterocycles. The lowest BCUT2D eigenvalue weighted by molar-refractivity contribution is 0.367. The topological polar surface area (TPSA) is 76.1 Å². The maximum atomic E-state index is 8.53. The zero-order valence-electron chi connectivity index (χ0n) is 10.2. The number of ether oxygens (including phenoxy) is 1. The van der Waals surface area contributed by atoms with E-state index in [0.29, 0.717) is 10.9 Å². The highest BCUT2D eigenvalue weighted by molar-refractivity contribution is 7.98. The van der Waals surface area contributed by atoms with Crippen molar-refractivity contribution in [3.05, 3.63) is 36.2 Å². The number of benzene rings is 1. The summed E-state index contributed by atoms with van der Waals surface area (Å²) in [5, 5.41) is 21.2. The molecule has 0 saturated heterocycles. The highest BCUT2D eigenvalue weighted by atomic mass is 32.2. The first-order valence-electron chi connectivity index (χ1n) is 5.42. The molecule has 96 valence electrons. The monoisotopic (exact) mass is 273 g/mol. The summed E-state index contributed by atoms with van der Waals surface area (Å²) in [6.07, 6.45) is 5.08. The van der Waals surface area contributed by atoms with Gasteiger partial charge in [0.2, 0.25) is 5.16 Å². The Labute approximate surface area is 114 Å². The molecular weight excluding hydrogens is 262 g/mol. The van der Waals surface area contributed by atoms with Gasteiger partial charge >= 0.3 is 0 Å². The van der Waals surface area contributed by atoms with E-state index in [4.69, 9.17) is 10.00 Å². The lowest BCUT2D eigenvalue weighted by Crippen LogP contribution is -1.98. The van der Waals surface area contributed by atoms with E-state index in [1.807, 2.05) is 30.5 Å². The summed E-state index contributed by atoms with van der Waals surface area (Å²) in [6.45, 7) is 0.00749. The van der Waals surface area contributed by atoms with Crippen LogP contribution < -0.4 is 4.74 Å². The number of para-hydroxylation sites is 1. The van der Waals surface area contributed by atoms with E-state index in [1.165, 1.54) is 18.1 Å². The summed E-state index contributed by atoms with van der Waals surface area (Å²) in [7, 11) is 0. The number of aromatic nitrogens is 3. The van der Waals surface area contributed by atoms with E-state index in [1.54, 1.807) is 17.0 Å². The average molecular weight is 273 g/mol. The number of hydrogen-bond donors (Lipinski definition) is 0. The van der Waals surface area contributed by atoms with E-state index in [-0.39, 0.29) is 6.61 Å². The van der Waals surface area contributed by atoms with Crippen LogP contribution in [-0.2, 0) is 0 Å². The molecule has 7 heteroatoms. The molecule has 0 bridgehead atoms. The zero-order valence-corrected chi connectivity index (χ0v) is 11.0. The molecule has 1 heterocycles. The van der Waals surface area contributed by atoms with Gasteiger partial charge in [0.05, 0.1) is 6.21 Å². The first-order valence-corrected chi connectivity index (χ1v) is 6.64. The molecule has 0 aliphatic rings. The van der Waals surface area contributed by atoms with Gasteiger partial charge in [0, 0.05) is 5.56 Å². The zero-order chi connectivity index (χ0) is 13.5. The van der Waals surface area contributed by atoms with E-state index in [2.05, 4.69) is 15.3 Å². The molecule has 1 aromatic carbocycles. The van der Waals surface area contributed by atoms with Gasteiger partial charge in [-0.2, -0.15) is 15.0 Å². The van der Waals surface area contributed by atoms with Crippen LogP contribution >= 0.6 is 11.8 Å². The molecule has 0 amide bonds. The van der Waals surface area contributed by atoms with Crippen LogP contribution in [0.4, 0.5) is 0 Å². The fourth-order valence-electron chi connectivity index (χ4n) is 1.39. The summed E-state index contributed by atoms with van der Waals surface area (Å²) >= 11 is 1.46.